The van der Waals surface area contributed by atoms with Gasteiger partial charge >= 0.3 is 0 Å². The van der Waals surface area contributed by atoms with Crippen LogP contribution in [0, 0.1) is 39.9 Å². The SMILES string of the molecule is N#Cc1ccc(-c2ccc3c(c2)C2C=C(C4=CC[C@H](C#N)C=C4)C=CC2N3c2ccc(C#N)cc2)cc1. The third-order valence-corrected chi connectivity index (χ3v) is 7.37. The predicted octanol–water partition coefficient (Wildman–Crippen LogP) is 7.22. The van der Waals surface area contributed by atoms with E-state index in [4.69, 9.17) is 0 Å². The van der Waals surface area contributed by atoms with E-state index >= 15 is 0 Å². The summed E-state index contributed by atoms with van der Waals surface area (Å²) in [6.45, 7) is 0. The van der Waals surface area contributed by atoms with Gasteiger partial charge in [0.15, 0.2) is 0 Å². The topological polar surface area (TPSA) is 74.6 Å². The third kappa shape index (κ3) is 3.94. The number of fused-ring (bicyclic) bond motifs is 3. The van der Waals surface area contributed by atoms with Gasteiger partial charge in [0.25, 0.3) is 0 Å². The summed E-state index contributed by atoms with van der Waals surface area (Å²) < 4.78 is 0. The first-order valence-electron chi connectivity index (χ1n) is 12.3. The van der Waals surface area contributed by atoms with Crippen LogP contribution < -0.4 is 4.90 Å². The van der Waals surface area contributed by atoms with Crippen molar-refractivity contribution in [2.24, 2.45) is 5.92 Å². The van der Waals surface area contributed by atoms with E-state index in [0.717, 1.165) is 34.5 Å². The Kier molecular flexibility index (Phi) is 5.54. The Labute approximate surface area is 216 Å². The fraction of sp³-hybridized carbons (Fsp3) is 0.121. The van der Waals surface area contributed by atoms with Gasteiger partial charge in [-0.2, -0.15) is 15.8 Å². The highest BCUT2D eigenvalue weighted by Gasteiger charge is 2.38. The Balaban J connectivity index is 1.44. The van der Waals surface area contributed by atoms with Crippen molar-refractivity contribution in [3.63, 3.8) is 0 Å². The minimum Gasteiger partial charge on any atom is -0.333 e. The van der Waals surface area contributed by atoms with Crippen LogP contribution in [-0.2, 0) is 0 Å². The van der Waals surface area contributed by atoms with Crippen molar-refractivity contribution in [2.45, 2.75) is 18.4 Å². The molecule has 3 aliphatic rings. The minimum atomic E-state index is -0.0567. The molecule has 0 saturated heterocycles. The summed E-state index contributed by atoms with van der Waals surface area (Å²) in [5.74, 6) is 0.0886. The molecule has 2 aliphatic carbocycles. The van der Waals surface area contributed by atoms with E-state index in [1.54, 1.807) is 0 Å². The van der Waals surface area contributed by atoms with Crippen molar-refractivity contribution in [2.75, 3.05) is 4.90 Å². The molecule has 0 amide bonds. The summed E-state index contributed by atoms with van der Waals surface area (Å²) >= 11 is 0. The maximum Gasteiger partial charge on any atom is 0.0991 e. The zero-order valence-corrected chi connectivity index (χ0v) is 20.0. The fourth-order valence-electron chi connectivity index (χ4n) is 5.44. The maximum atomic E-state index is 9.27. The fourth-order valence-corrected chi connectivity index (χ4v) is 5.44. The first-order valence-corrected chi connectivity index (χ1v) is 12.3. The smallest absolute Gasteiger partial charge is 0.0991 e. The number of benzene rings is 3. The highest BCUT2D eigenvalue weighted by Crippen LogP contribution is 2.50. The van der Waals surface area contributed by atoms with Gasteiger partial charge in [-0.05, 0) is 82.8 Å². The zero-order chi connectivity index (χ0) is 25.4. The molecule has 0 spiro atoms. The summed E-state index contributed by atoms with van der Waals surface area (Å²) in [4.78, 5) is 2.35. The molecule has 4 heteroatoms. The van der Waals surface area contributed by atoms with Gasteiger partial charge in [-0.1, -0.05) is 54.7 Å². The number of hydrogen-bond acceptors (Lipinski definition) is 4. The maximum absolute atomic E-state index is 9.27. The molecular formula is C33H22N4. The van der Waals surface area contributed by atoms with Gasteiger partial charge in [0.1, 0.15) is 0 Å². The van der Waals surface area contributed by atoms with Gasteiger partial charge in [-0.25, -0.2) is 0 Å². The van der Waals surface area contributed by atoms with Gasteiger partial charge in [0, 0.05) is 17.3 Å². The van der Waals surface area contributed by atoms with E-state index in [1.165, 1.54) is 11.1 Å². The monoisotopic (exact) mass is 474 g/mol. The highest BCUT2D eigenvalue weighted by molar-refractivity contribution is 5.80. The van der Waals surface area contributed by atoms with Gasteiger partial charge in [-0.3, -0.25) is 0 Å². The molecule has 2 unspecified atom stereocenters. The summed E-state index contributed by atoms with van der Waals surface area (Å²) in [5, 5.41) is 27.7. The molecule has 174 valence electrons. The minimum absolute atomic E-state index is 0.0567. The normalized spacial score (nSPS) is 21.1. The van der Waals surface area contributed by atoms with E-state index in [9.17, 15) is 15.8 Å². The summed E-state index contributed by atoms with van der Waals surface area (Å²) in [6.07, 6.45) is 13.8. The molecule has 0 fully saturated rings. The van der Waals surface area contributed by atoms with Crippen molar-refractivity contribution in [1.29, 1.82) is 15.8 Å². The van der Waals surface area contributed by atoms with Gasteiger partial charge < -0.3 is 4.90 Å². The Morgan fingerprint density at radius 3 is 2.05 bits per heavy atom. The van der Waals surface area contributed by atoms with Crippen LogP contribution in [0.5, 0.6) is 0 Å². The lowest BCUT2D eigenvalue weighted by Crippen LogP contribution is -2.29. The molecule has 1 heterocycles. The van der Waals surface area contributed by atoms with E-state index in [0.29, 0.717) is 11.1 Å². The Hall–Kier alpha value is -5.11. The van der Waals surface area contributed by atoms with Gasteiger partial charge in [-0.15, -0.1) is 0 Å². The quantitative estimate of drug-likeness (QED) is 0.401. The lowest BCUT2D eigenvalue weighted by atomic mass is 9.83. The second-order valence-corrected chi connectivity index (χ2v) is 9.48. The van der Waals surface area contributed by atoms with E-state index in [2.05, 4.69) is 71.7 Å². The highest BCUT2D eigenvalue weighted by atomic mass is 15.2. The molecule has 6 rings (SSSR count). The van der Waals surface area contributed by atoms with Crippen LogP contribution in [0.25, 0.3) is 11.1 Å². The average Bonchev–Trinajstić information content (AvgIpc) is 3.30. The predicted molar refractivity (Wildman–Crippen MR) is 145 cm³/mol. The molecule has 37 heavy (non-hydrogen) atoms. The van der Waals surface area contributed by atoms with E-state index in [1.807, 2.05) is 54.6 Å². The molecule has 0 aromatic heterocycles. The first kappa shape index (κ1) is 22.4. The molecular weight excluding hydrogens is 452 g/mol. The van der Waals surface area contributed by atoms with Gasteiger partial charge in [0.2, 0.25) is 0 Å². The number of nitrogens with zero attached hydrogens (tertiary/aromatic N) is 4. The summed E-state index contributed by atoms with van der Waals surface area (Å²) in [7, 11) is 0. The molecule has 0 bridgehead atoms. The average molecular weight is 475 g/mol. The molecule has 0 N–H and O–H groups in total. The molecule has 3 aromatic carbocycles. The lowest BCUT2D eigenvalue weighted by Gasteiger charge is -2.30. The van der Waals surface area contributed by atoms with Crippen LogP contribution in [0.3, 0.4) is 0 Å². The van der Waals surface area contributed by atoms with Crippen molar-refractivity contribution in [3.8, 4) is 29.3 Å². The molecule has 3 aromatic rings. The number of hydrogen-bond donors (Lipinski definition) is 0. The van der Waals surface area contributed by atoms with Crippen LogP contribution in [0.15, 0.2) is 114 Å². The number of allylic oxidation sites excluding steroid dienone is 6. The largest absolute Gasteiger partial charge is 0.333 e. The van der Waals surface area contributed by atoms with Crippen LogP contribution >= 0.6 is 0 Å². The first-order chi connectivity index (χ1) is 18.2. The lowest BCUT2D eigenvalue weighted by molar-refractivity contribution is 0.739. The number of rotatable bonds is 3. The van der Waals surface area contributed by atoms with Crippen molar-refractivity contribution >= 4 is 11.4 Å². The standard InChI is InChI=1S/C33H22N4/c34-19-22-1-7-25(8-2-22)27-11-15-32-30(17-27)31-18-28(26-9-3-23(20-35)4-10-26)12-16-33(31)37(32)29-13-5-24(21-36)6-14-29/h1-3,5-18,23,31,33H,4H2/t23-,31?,33?/m1/s1. The number of nitriles is 3. The molecule has 0 saturated carbocycles. The third-order valence-electron chi connectivity index (χ3n) is 7.37. The summed E-state index contributed by atoms with van der Waals surface area (Å²) in [6, 6.07) is 28.9. The van der Waals surface area contributed by atoms with Crippen molar-refractivity contribution < 1.29 is 0 Å². The molecule has 0 radical (unpaired) electrons. The van der Waals surface area contributed by atoms with E-state index in [-0.39, 0.29) is 17.9 Å². The van der Waals surface area contributed by atoms with Crippen LogP contribution in [0.1, 0.15) is 29.0 Å². The summed E-state index contributed by atoms with van der Waals surface area (Å²) in [5.41, 5.74) is 9.25. The molecule has 1 aliphatic heterocycles. The molecule has 3 atom stereocenters. The second kappa shape index (κ2) is 9.16. The zero-order valence-electron chi connectivity index (χ0n) is 20.0. The van der Waals surface area contributed by atoms with Crippen molar-refractivity contribution in [1.82, 2.24) is 0 Å². The Bertz CT molecular complexity index is 1630. The Morgan fingerprint density at radius 2 is 1.41 bits per heavy atom. The van der Waals surface area contributed by atoms with E-state index < -0.39 is 0 Å². The van der Waals surface area contributed by atoms with Crippen molar-refractivity contribution in [3.05, 3.63) is 131 Å². The van der Waals surface area contributed by atoms with Crippen LogP contribution in [0.4, 0.5) is 11.4 Å². The molecule has 4 nitrogen and oxygen atoms in total. The van der Waals surface area contributed by atoms with Gasteiger partial charge in [0.05, 0.1) is 41.3 Å². The van der Waals surface area contributed by atoms with Crippen LogP contribution in [0.2, 0.25) is 0 Å². The number of anilines is 2. The second-order valence-electron chi connectivity index (χ2n) is 9.48. The Morgan fingerprint density at radius 1 is 0.730 bits per heavy atom. The van der Waals surface area contributed by atoms with Crippen LogP contribution in [-0.4, -0.2) is 6.04 Å².